The van der Waals surface area contributed by atoms with Gasteiger partial charge < -0.3 is 25.6 Å². The van der Waals surface area contributed by atoms with Crippen LogP contribution < -0.4 is 20.7 Å². The molecule has 0 radical (unpaired) electrons. The summed E-state index contributed by atoms with van der Waals surface area (Å²) in [4.78, 5) is 22.4. The van der Waals surface area contributed by atoms with E-state index in [0.29, 0.717) is 12.1 Å². The number of carbonyl (C=O) groups excluding carboxylic acids is 2. The smallest absolute Gasteiger partial charge is 0.406 e. The molecule has 1 aromatic rings. The van der Waals surface area contributed by atoms with E-state index in [1.165, 1.54) is 25.3 Å². The molecule has 2 fully saturated rings. The van der Waals surface area contributed by atoms with Gasteiger partial charge in [-0.25, -0.2) is 9.18 Å². The standard InChI is InChI=1S/C9H9F4NO.C6H11NO.C5H10N2O/c1-14-5-6-2-3-7(4-8(6)10)15-9(11,12)13;8-6-7-4-2-1-3-5-7;1-6-5(8)7-4-2-3-4/h2-4,14H,5H2,1H3;6H,1-5H2;4H,2-3H2,1H3,(H2,6,7,8). The van der Waals surface area contributed by atoms with Crippen LogP contribution in [0.1, 0.15) is 37.7 Å². The van der Waals surface area contributed by atoms with Crippen LogP contribution in [0, 0.1) is 5.82 Å². The van der Waals surface area contributed by atoms with Crippen LogP contribution in [0.3, 0.4) is 0 Å². The first-order chi connectivity index (χ1) is 14.7. The molecule has 0 unspecified atom stereocenters. The Kier molecular flexibility index (Phi) is 11.7. The number of carbonyl (C=O) groups is 2. The third-order valence-electron chi connectivity index (χ3n) is 4.30. The first-order valence-electron chi connectivity index (χ1n) is 10.0. The zero-order valence-electron chi connectivity index (χ0n) is 17.7. The maximum absolute atomic E-state index is 13.1. The van der Waals surface area contributed by atoms with Crippen LogP contribution in [-0.2, 0) is 11.3 Å². The van der Waals surface area contributed by atoms with Crippen LogP contribution >= 0.6 is 0 Å². The molecule has 1 aliphatic heterocycles. The van der Waals surface area contributed by atoms with Crippen molar-refractivity contribution in [2.24, 2.45) is 0 Å². The number of nitrogens with one attached hydrogen (secondary N) is 3. The zero-order valence-corrected chi connectivity index (χ0v) is 17.7. The second-order valence-electron chi connectivity index (χ2n) is 7.03. The number of likely N-dealkylation sites (tertiary alicyclic amines) is 1. The highest BCUT2D eigenvalue weighted by molar-refractivity contribution is 5.74. The van der Waals surface area contributed by atoms with Gasteiger partial charge in [-0.3, -0.25) is 4.79 Å². The fourth-order valence-corrected chi connectivity index (χ4v) is 2.57. The van der Waals surface area contributed by atoms with Crippen molar-refractivity contribution in [2.75, 3.05) is 27.2 Å². The number of halogens is 4. The highest BCUT2D eigenvalue weighted by atomic mass is 19.4. The average Bonchev–Trinajstić information content (AvgIpc) is 3.54. The van der Waals surface area contributed by atoms with E-state index in [4.69, 9.17) is 0 Å². The Balaban J connectivity index is 0.000000253. The summed E-state index contributed by atoms with van der Waals surface area (Å²) in [6, 6.07) is 3.43. The Morgan fingerprint density at radius 2 is 1.84 bits per heavy atom. The lowest BCUT2D eigenvalue weighted by atomic mass is 10.1. The topological polar surface area (TPSA) is 82.7 Å². The van der Waals surface area contributed by atoms with Gasteiger partial charge in [0.1, 0.15) is 11.6 Å². The third-order valence-corrected chi connectivity index (χ3v) is 4.30. The van der Waals surface area contributed by atoms with Gasteiger partial charge in [-0.1, -0.05) is 6.07 Å². The molecule has 11 heteroatoms. The molecule has 1 aromatic carbocycles. The molecule has 176 valence electrons. The zero-order chi connectivity index (χ0) is 23.3. The maximum atomic E-state index is 13.1. The lowest BCUT2D eigenvalue weighted by molar-refractivity contribution is -0.274. The number of rotatable bonds is 5. The van der Waals surface area contributed by atoms with Crippen molar-refractivity contribution >= 4 is 12.4 Å². The lowest BCUT2D eigenvalue weighted by Crippen LogP contribution is -2.34. The minimum absolute atomic E-state index is 0.0625. The van der Waals surface area contributed by atoms with Gasteiger partial charge in [-0.05, 0) is 45.2 Å². The molecular formula is C20H30F4N4O3. The van der Waals surface area contributed by atoms with E-state index in [0.717, 1.165) is 38.4 Å². The van der Waals surface area contributed by atoms with Crippen molar-refractivity contribution in [1.29, 1.82) is 0 Å². The van der Waals surface area contributed by atoms with Gasteiger partial charge in [0.05, 0.1) is 0 Å². The number of hydrogen-bond donors (Lipinski definition) is 3. The first-order valence-corrected chi connectivity index (χ1v) is 10.0. The fraction of sp³-hybridized carbons (Fsp3) is 0.600. The summed E-state index contributed by atoms with van der Waals surface area (Å²) in [5, 5.41) is 7.93. The third kappa shape index (κ3) is 12.7. The van der Waals surface area contributed by atoms with E-state index < -0.39 is 17.9 Å². The average molecular weight is 450 g/mol. The summed E-state index contributed by atoms with van der Waals surface area (Å²) in [5.74, 6) is -1.29. The highest BCUT2D eigenvalue weighted by Crippen LogP contribution is 2.24. The molecule has 0 bridgehead atoms. The number of piperidine rings is 1. The molecule has 3 amide bonds. The number of hydrogen-bond acceptors (Lipinski definition) is 4. The highest BCUT2D eigenvalue weighted by Gasteiger charge is 2.31. The molecular weight excluding hydrogens is 420 g/mol. The van der Waals surface area contributed by atoms with Crippen LogP contribution in [-0.4, -0.2) is 56.9 Å². The van der Waals surface area contributed by atoms with Gasteiger partial charge in [-0.15, -0.1) is 13.2 Å². The molecule has 0 aromatic heterocycles. The number of nitrogens with zero attached hydrogens (tertiary/aromatic N) is 1. The normalized spacial score (nSPS) is 15.5. The van der Waals surface area contributed by atoms with E-state index in [9.17, 15) is 27.2 Å². The Morgan fingerprint density at radius 3 is 2.26 bits per heavy atom. The monoisotopic (exact) mass is 450 g/mol. The van der Waals surface area contributed by atoms with Gasteiger partial charge in [-0.2, -0.15) is 0 Å². The Bertz CT molecular complexity index is 679. The molecule has 1 heterocycles. The summed E-state index contributed by atoms with van der Waals surface area (Å²) in [7, 11) is 3.23. The molecule has 3 N–H and O–H groups in total. The molecule has 0 atom stereocenters. The largest absolute Gasteiger partial charge is 0.573 e. The summed E-state index contributed by atoms with van der Waals surface area (Å²) in [5.41, 5.74) is 0.284. The van der Waals surface area contributed by atoms with E-state index in [-0.39, 0.29) is 18.1 Å². The second kappa shape index (κ2) is 13.7. The van der Waals surface area contributed by atoms with Crippen LogP contribution in [0.4, 0.5) is 22.4 Å². The van der Waals surface area contributed by atoms with Crippen molar-refractivity contribution in [3.05, 3.63) is 29.6 Å². The molecule has 31 heavy (non-hydrogen) atoms. The lowest BCUT2D eigenvalue weighted by Gasteiger charge is -2.21. The van der Waals surface area contributed by atoms with Crippen molar-refractivity contribution in [2.45, 2.75) is 51.1 Å². The van der Waals surface area contributed by atoms with E-state index in [1.807, 2.05) is 4.90 Å². The van der Waals surface area contributed by atoms with Crippen molar-refractivity contribution in [3.63, 3.8) is 0 Å². The summed E-state index contributed by atoms with van der Waals surface area (Å²) >= 11 is 0. The summed E-state index contributed by atoms with van der Waals surface area (Å²) in [6.07, 6.45) is 2.12. The van der Waals surface area contributed by atoms with Gasteiger partial charge in [0.2, 0.25) is 6.41 Å². The van der Waals surface area contributed by atoms with Crippen molar-refractivity contribution in [3.8, 4) is 5.75 Å². The number of ether oxygens (including phenoxy) is 1. The molecule has 1 saturated carbocycles. The summed E-state index contributed by atoms with van der Waals surface area (Å²) < 4.78 is 52.0. The van der Waals surface area contributed by atoms with Crippen LogP contribution in [0.5, 0.6) is 5.75 Å². The predicted octanol–water partition coefficient (Wildman–Crippen LogP) is 3.15. The Hall–Kier alpha value is -2.56. The number of benzene rings is 1. The van der Waals surface area contributed by atoms with Crippen molar-refractivity contribution < 1.29 is 31.9 Å². The first kappa shape index (κ1) is 26.5. The van der Waals surface area contributed by atoms with Gasteiger partial charge in [0.15, 0.2) is 0 Å². The number of urea groups is 1. The Labute approximate surface area is 179 Å². The molecule has 1 saturated heterocycles. The van der Waals surface area contributed by atoms with Crippen LogP contribution in [0.25, 0.3) is 0 Å². The second-order valence-corrected chi connectivity index (χ2v) is 7.03. The SMILES string of the molecule is CNC(=O)NC1CC1.CNCc1ccc(OC(F)(F)F)cc1F.O=CN1CCCCC1. The molecule has 1 aliphatic carbocycles. The molecule has 7 nitrogen and oxygen atoms in total. The molecule has 3 rings (SSSR count). The fourth-order valence-electron chi connectivity index (χ4n) is 2.57. The van der Waals surface area contributed by atoms with Crippen LogP contribution in [0.2, 0.25) is 0 Å². The molecule has 0 spiro atoms. The Morgan fingerprint density at radius 1 is 1.19 bits per heavy atom. The minimum atomic E-state index is -4.79. The van der Waals surface area contributed by atoms with Gasteiger partial charge >= 0.3 is 12.4 Å². The van der Waals surface area contributed by atoms with E-state index in [2.05, 4.69) is 20.7 Å². The number of alkyl halides is 3. The van der Waals surface area contributed by atoms with Crippen molar-refractivity contribution in [1.82, 2.24) is 20.9 Å². The van der Waals surface area contributed by atoms with Gasteiger partial charge in [0, 0.05) is 44.4 Å². The van der Waals surface area contributed by atoms with Crippen LogP contribution in [0.15, 0.2) is 18.2 Å². The predicted molar refractivity (Wildman–Crippen MR) is 108 cm³/mol. The quantitative estimate of drug-likeness (QED) is 0.476. The van der Waals surface area contributed by atoms with E-state index >= 15 is 0 Å². The molecule has 2 aliphatic rings. The van der Waals surface area contributed by atoms with Gasteiger partial charge in [0.25, 0.3) is 0 Å². The summed E-state index contributed by atoms with van der Waals surface area (Å²) in [6.45, 7) is 2.20. The maximum Gasteiger partial charge on any atom is 0.573 e. The minimum Gasteiger partial charge on any atom is -0.406 e. The number of amides is 3. The van der Waals surface area contributed by atoms with E-state index in [1.54, 1.807) is 14.1 Å².